The van der Waals surface area contributed by atoms with Gasteiger partial charge in [0.1, 0.15) is 40.7 Å². The molecule has 1 N–H and O–H groups in total. The van der Waals surface area contributed by atoms with Crippen molar-refractivity contribution >= 4 is 28.9 Å². The van der Waals surface area contributed by atoms with Crippen molar-refractivity contribution in [2.24, 2.45) is 10.6 Å². The summed E-state index contributed by atoms with van der Waals surface area (Å²) < 4.78 is 17.1. The summed E-state index contributed by atoms with van der Waals surface area (Å²) in [5.41, 5.74) is 0.305. The van der Waals surface area contributed by atoms with Crippen LogP contribution in [0, 0.1) is 5.41 Å². The fourth-order valence-corrected chi connectivity index (χ4v) is 2.22. The summed E-state index contributed by atoms with van der Waals surface area (Å²) in [6.07, 6.45) is 1.56. The third kappa shape index (κ3) is 7.33. The van der Waals surface area contributed by atoms with E-state index in [4.69, 9.17) is 42.6 Å². The van der Waals surface area contributed by atoms with E-state index >= 15 is 0 Å². The van der Waals surface area contributed by atoms with Gasteiger partial charge in [0.05, 0.1) is 5.71 Å². The number of ether oxygens (including phenoxy) is 3. The standard InChI is InChI=1S/C21H23Cl2NO4/c1-21(2,3)19(24-25)14-27-16-6-10-18(11-7-16)28-17-8-4-15(5-9-17)26-13-12-20(22)23/h4-12,25H,13-14H2,1-3H3. The minimum Gasteiger partial charge on any atom is -0.489 e. The Labute approximate surface area is 175 Å². The van der Waals surface area contributed by atoms with Gasteiger partial charge >= 0.3 is 0 Å². The molecule has 0 aromatic heterocycles. The molecule has 0 spiro atoms. The Bertz CT molecular complexity index is 806. The van der Waals surface area contributed by atoms with Crippen LogP contribution < -0.4 is 14.2 Å². The molecule has 0 bridgehead atoms. The quantitative estimate of drug-likeness (QED) is 0.301. The normalized spacial score (nSPS) is 11.7. The largest absolute Gasteiger partial charge is 0.489 e. The van der Waals surface area contributed by atoms with Gasteiger partial charge in [-0.25, -0.2) is 0 Å². The fraction of sp³-hybridized carbons (Fsp3) is 0.286. The van der Waals surface area contributed by atoms with Crippen molar-refractivity contribution in [2.45, 2.75) is 20.8 Å². The predicted octanol–water partition coefficient (Wildman–Crippen LogP) is 6.43. The summed E-state index contributed by atoms with van der Waals surface area (Å²) in [5.74, 6) is 2.69. The van der Waals surface area contributed by atoms with E-state index in [1.165, 1.54) is 0 Å². The zero-order valence-corrected chi connectivity index (χ0v) is 17.5. The van der Waals surface area contributed by atoms with Crippen LogP contribution in [0.1, 0.15) is 20.8 Å². The van der Waals surface area contributed by atoms with Crippen LogP contribution in [0.25, 0.3) is 0 Å². The lowest BCUT2D eigenvalue weighted by Gasteiger charge is -2.20. The maximum Gasteiger partial charge on any atom is 0.130 e. The van der Waals surface area contributed by atoms with Gasteiger partial charge in [0.2, 0.25) is 0 Å². The molecule has 0 saturated carbocycles. The Morgan fingerprint density at radius 3 is 1.79 bits per heavy atom. The number of halogens is 2. The van der Waals surface area contributed by atoms with Gasteiger partial charge in [0.15, 0.2) is 0 Å². The van der Waals surface area contributed by atoms with Crippen LogP contribution in [-0.2, 0) is 0 Å². The lowest BCUT2D eigenvalue weighted by molar-refractivity contribution is 0.293. The predicted molar refractivity (Wildman–Crippen MR) is 112 cm³/mol. The SMILES string of the molecule is CC(C)(C)C(COc1ccc(Oc2ccc(OCC=C(Cl)Cl)cc2)cc1)=NO. The second kappa shape index (κ2) is 10.2. The molecule has 28 heavy (non-hydrogen) atoms. The van der Waals surface area contributed by atoms with Gasteiger partial charge in [-0.05, 0) is 54.6 Å². The molecule has 0 atom stereocenters. The minimum absolute atomic E-state index is 0.172. The van der Waals surface area contributed by atoms with Crippen LogP contribution in [-0.4, -0.2) is 24.1 Å². The Morgan fingerprint density at radius 1 is 0.893 bits per heavy atom. The van der Waals surface area contributed by atoms with Crippen molar-refractivity contribution in [3.8, 4) is 23.0 Å². The van der Waals surface area contributed by atoms with Crippen LogP contribution in [0.15, 0.2) is 64.3 Å². The van der Waals surface area contributed by atoms with E-state index in [0.29, 0.717) is 35.3 Å². The first-order valence-corrected chi connectivity index (χ1v) is 9.39. The number of nitrogens with zero attached hydrogens (tertiary/aromatic N) is 1. The Kier molecular flexibility index (Phi) is 8.03. The van der Waals surface area contributed by atoms with Crippen molar-refractivity contribution in [2.75, 3.05) is 13.2 Å². The summed E-state index contributed by atoms with van der Waals surface area (Å²) in [4.78, 5) is 0. The number of oxime groups is 1. The molecule has 0 saturated heterocycles. The van der Waals surface area contributed by atoms with Crippen molar-refractivity contribution in [3.63, 3.8) is 0 Å². The molecule has 2 aromatic carbocycles. The molecular formula is C21H23Cl2NO4. The third-order valence-electron chi connectivity index (χ3n) is 3.73. The molecule has 2 rings (SSSR count). The Hall–Kier alpha value is -2.37. The van der Waals surface area contributed by atoms with Gasteiger partial charge in [0, 0.05) is 5.41 Å². The number of hydrogen-bond donors (Lipinski definition) is 1. The van der Waals surface area contributed by atoms with Gasteiger partial charge in [0.25, 0.3) is 0 Å². The summed E-state index contributed by atoms with van der Waals surface area (Å²) in [6.45, 7) is 6.39. The van der Waals surface area contributed by atoms with Gasteiger partial charge in [-0.1, -0.05) is 49.1 Å². The topological polar surface area (TPSA) is 60.3 Å². The maximum absolute atomic E-state index is 9.10. The van der Waals surface area contributed by atoms with Crippen LogP contribution in [0.2, 0.25) is 0 Å². The van der Waals surface area contributed by atoms with Gasteiger partial charge in [-0.3, -0.25) is 0 Å². The summed E-state index contributed by atoms with van der Waals surface area (Å²) in [6, 6.07) is 14.4. The van der Waals surface area contributed by atoms with Crippen molar-refractivity contribution in [3.05, 3.63) is 59.1 Å². The molecule has 0 heterocycles. The van der Waals surface area contributed by atoms with Crippen molar-refractivity contribution < 1.29 is 19.4 Å². The Morgan fingerprint density at radius 2 is 1.36 bits per heavy atom. The zero-order chi connectivity index (χ0) is 20.6. The highest BCUT2D eigenvalue weighted by molar-refractivity contribution is 6.55. The second-order valence-corrected chi connectivity index (χ2v) is 7.94. The summed E-state index contributed by atoms with van der Waals surface area (Å²) >= 11 is 11.1. The molecule has 0 aliphatic carbocycles. The monoisotopic (exact) mass is 423 g/mol. The molecule has 150 valence electrons. The second-order valence-electron chi connectivity index (χ2n) is 6.94. The highest BCUT2D eigenvalue weighted by atomic mass is 35.5. The zero-order valence-electron chi connectivity index (χ0n) is 16.0. The van der Waals surface area contributed by atoms with Gasteiger partial charge in [-0.15, -0.1) is 0 Å². The molecule has 0 fully saturated rings. The van der Waals surface area contributed by atoms with Crippen LogP contribution in [0.5, 0.6) is 23.0 Å². The smallest absolute Gasteiger partial charge is 0.130 e. The molecule has 0 unspecified atom stereocenters. The molecule has 2 aromatic rings. The van der Waals surface area contributed by atoms with E-state index < -0.39 is 0 Å². The van der Waals surface area contributed by atoms with Crippen LogP contribution in [0.3, 0.4) is 0 Å². The van der Waals surface area contributed by atoms with Crippen LogP contribution in [0.4, 0.5) is 0 Å². The molecule has 0 amide bonds. The van der Waals surface area contributed by atoms with E-state index in [9.17, 15) is 0 Å². The summed E-state index contributed by atoms with van der Waals surface area (Å²) in [7, 11) is 0. The van der Waals surface area contributed by atoms with Crippen molar-refractivity contribution in [1.82, 2.24) is 0 Å². The first-order valence-electron chi connectivity index (χ1n) is 8.64. The van der Waals surface area contributed by atoms with E-state index in [2.05, 4.69) is 5.16 Å². The lowest BCUT2D eigenvalue weighted by atomic mass is 9.90. The number of rotatable bonds is 8. The maximum atomic E-state index is 9.10. The van der Waals surface area contributed by atoms with E-state index in [1.54, 1.807) is 54.6 Å². The highest BCUT2D eigenvalue weighted by Crippen LogP contribution is 2.26. The summed E-state index contributed by atoms with van der Waals surface area (Å²) in [5, 5.41) is 12.4. The number of hydrogen-bond acceptors (Lipinski definition) is 5. The highest BCUT2D eigenvalue weighted by Gasteiger charge is 2.20. The van der Waals surface area contributed by atoms with E-state index in [-0.39, 0.29) is 16.5 Å². The average molecular weight is 424 g/mol. The molecule has 7 heteroatoms. The average Bonchev–Trinajstić information content (AvgIpc) is 2.63. The van der Waals surface area contributed by atoms with Crippen molar-refractivity contribution in [1.29, 1.82) is 0 Å². The Balaban J connectivity index is 1.89. The van der Waals surface area contributed by atoms with Gasteiger partial charge < -0.3 is 19.4 Å². The first-order chi connectivity index (χ1) is 13.3. The minimum atomic E-state index is -0.264. The first kappa shape index (κ1) is 21.9. The van der Waals surface area contributed by atoms with Gasteiger partial charge in [-0.2, -0.15) is 0 Å². The molecule has 0 aliphatic rings. The van der Waals surface area contributed by atoms with E-state index in [1.807, 2.05) is 20.8 Å². The number of benzene rings is 2. The lowest BCUT2D eigenvalue weighted by Crippen LogP contribution is -2.26. The fourth-order valence-electron chi connectivity index (χ4n) is 2.09. The van der Waals surface area contributed by atoms with Crippen LogP contribution >= 0.6 is 23.2 Å². The third-order valence-corrected chi connectivity index (χ3v) is 4.04. The van der Waals surface area contributed by atoms with E-state index in [0.717, 1.165) is 0 Å². The molecule has 0 aliphatic heterocycles. The molecule has 0 radical (unpaired) electrons. The molecule has 5 nitrogen and oxygen atoms in total. The molecular weight excluding hydrogens is 401 g/mol.